The zero-order chi connectivity index (χ0) is 21.8. The second kappa shape index (κ2) is 6.48. The summed E-state index contributed by atoms with van der Waals surface area (Å²) in [5, 5.41) is -0.739. The van der Waals surface area contributed by atoms with Gasteiger partial charge in [0.15, 0.2) is 0 Å². The molecule has 0 aliphatic heterocycles. The predicted molar refractivity (Wildman–Crippen MR) is 125 cm³/mol. The molecule has 0 heterocycles. The van der Waals surface area contributed by atoms with Gasteiger partial charge >= 0.3 is 0 Å². The number of hydrogen-bond donors (Lipinski definition) is 0. The lowest BCUT2D eigenvalue weighted by Crippen LogP contribution is -2.69. The molecule has 9 rings (SSSR count). The summed E-state index contributed by atoms with van der Waals surface area (Å²) in [5.74, 6) is 5.06. The molecule has 2 nitrogen and oxygen atoms in total. The normalized spacial score (nSPS) is 42.4. The summed E-state index contributed by atoms with van der Waals surface area (Å²) < 4.78 is 0. The first kappa shape index (κ1) is 19.8. The average Bonchev–Trinajstić information content (AvgIpc) is 2.82. The summed E-state index contributed by atoms with van der Waals surface area (Å²) in [7, 11) is 0. The molecule has 7 aliphatic carbocycles. The molecule has 0 spiro atoms. The number of carbonyl (C=O) groups is 2. The van der Waals surface area contributed by atoms with Crippen LogP contribution in [0.1, 0.15) is 70.4 Å². The lowest BCUT2D eigenvalue weighted by molar-refractivity contribution is -0.221. The molecule has 2 aromatic carbocycles. The highest BCUT2D eigenvalue weighted by molar-refractivity contribution is 6.68. The molecular weight excluding hydrogens is 439 g/mol. The van der Waals surface area contributed by atoms with Crippen LogP contribution in [-0.2, 0) is 10.8 Å². The van der Waals surface area contributed by atoms with Crippen LogP contribution in [0.5, 0.6) is 0 Å². The van der Waals surface area contributed by atoms with Crippen LogP contribution in [0.2, 0.25) is 0 Å². The van der Waals surface area contributed by atoms with E-state index in [1.807, 2.05) is 24.3 Å². The van der Waals surface area contributed by atoms with Gasteiger partial charge in [0.2, 0.25) is 0 Å². The third-order valence-electron chi connectivity index (χ3n) is 10.5. The lowest BCUT2D eigenvalue weighted by Gasteiger charge is -2.75. The van der Waals surface area contributed by atoms with Gasteiger partial charge in [-0.2, -0.15) is 0 Å². The van der Waals surface area contributed by atoms with Crippen LogP contribution in [0, 0.1) is 35.5 Å². The van der Waals surface area contributed by atoms with Crippen LogP contribution in [0.4, 0.5) is 0 Å². The van der Waals surface area contributed by atoms with E-state index < -0.39 is 0 Å². The fourth-order valence-corrected chi connectivity index (χ4v) is 9.80. The first-order chi connectivity index (χ1) is 15.4. The third-order valence-corrected chi connectivity index (χ3v) is 10.9. The van der Waals surface area contributed by atoms with Crippen molar-refractivity contribution >= 4 is 33.7 Å². The van der Waals surface area contributed by atoms with Crippen molar-refractivity contribution < 1.29 is 9.59 Å². The van der Waals surface area contributed by atoms with Crippen molar-refractivity contribution in [3.63, 3.8) is 0 Å². The number of halogens is 2. The van der Waals surface area contributed by atoms with Crippen molar-refractivity contribution in [3.8, 4) is 0 Å². The standard InChI is InChI=1S/C28H26Cl2O2/c29-25(31)15-1-5-17(6-2-15)27-9-19-22-12-28(18-7-3-16(4-8-18)26(30)32)13-23(19)21(11-27)24(14-28)20(22)10-27/h1-8,19-24H,9-14H2. The van der Waals surface area contributed by atoms with Gasteiger partial charge in [0.1, 0.15) is 0 Å². The number of benzene rings is 2. The van der Waals surface area contributed by atoms with E-state index >= 15 is 0 Å². The predicted octanol–water partition coefficient (Wildman–Crippen LogP) is 6.73. The van der Waals surface area contributed by atoms with Crippen LogP contribution in [-0.4, -0.2) is 10.5 Å². The molecule has 0 radical (unpaired) electrons. The topological polar surface area (TPSA) is 34.1 Å². The van der Waals surface area contributed by atoms with Gasteiger partial charge in [-0.05, 0) is 143 Å². The monoisotopic (exact) mass is 464 g/mol. The maximum atomic E-state index is 11.5. The van der Waals surface area contributed by atoms with E-state index in [9.17, 15) is 9.59 Å². The molecule has 8 bridgehead atoms. The Kier molecular flexibility index (Phi) is 4.01. The highest BCUT2D eigenvalue weighted by Gasteiger charge is 2.70. The lowest BCUT2D eigenvalue weighted by atomic mass is 9.29. The van der Waals surface area contributed by atoms with E-state index in [1.54, 1.807) is 0 Å². The highest BCUT2D eigenvalue weighted by atomic mass is 35.5. The Morgan fingerprint density at radius 1 is 0.531 bits per heavy atom. The minimum atomic E-state index is -0.370. The maximum absolute atomic E-state index is 11.5. The van der Waals surface area contributed by atoms with Crippen molar-refractivity contribution in [2.75, 3.05) is 0 Å². The summed E-state index contributed by atoms with van der Waals surface area (Å²) >= 11 is 11.4. The molecule has 0 N–H and O–H groups in total. The van der Waals surface area contributed by atoms with Gasteiger partial charge < -0.3 is 0 Å². The van der Waals surface area contributed by atoms with Crippen molar-refractivity contribution in [2.45, 2.75) is 49.4 Å². The van der Waals surface area contributed by atoms with Gasteiger partial charge in [-0.25, -0.2) is 0 Å². The minimum Gasteiger partial charge on any atom is -0.276 e. The molecule has 2 aromatic rings. The molecule has 7 aliphatic rings. The summed E-state index contributed by atoms with van der Waals surface area (Å²) in [6, 6.07) is 16.4. The highest BCUT2D eigenvalue weighted by Crippen LogP contribution is 2.77. The summed E-state index contributed by atoms with van der Waals surface area (Å²) in [4.78, 5) is 23.1. The Morgan fingerprint density at radius 2 is 0.781 bits per heavy atom. The Morgan fingerprint density at radius 3 is 1.00 bits per heavy atom. The third kappa shape index (κ3) is 2.49. The summed E-state index contributed by atoms with van der Waals surface area (Å²) in [6.45, 7) is 0. The summed E-state index contributed by atoms with van der Waals surface area (Å²) in [6.07, 6.45) is 7.87. The first-order valence-corrected chi connectivity index (χ1v) is 12.8. The maximum Gasteiger partial charge on any atom is 0.252 e. The fraction of sp³-hybridized carbons (Fsp3) is 0.500. The first-order valence-electron chi connectivity index (χ1n) is 12.0. The van der Waals surface area contributed by atoms with Gasteiger partial charge in [0.25, 0.3) is 10.5 Å². The second-order valence-corrected chi connectivity index (χ2v) is 12.2. The quantitative estimate of drug-likeness (QED) is 0.470. The largest absolute Gasteiger partial charge is 0.276 e. The van der Waals surface area contributed by atoms with Crippen LogP contribution in [0.25, 0.3) is 0 Å². The molecule has 0 unspecified atom stereocenters. The molecule has 7 saturated carbocycles. The number of carbonyl (C=O) groups excluding carboxylic acids is 2. The van der Waals surface area contributed by atoms with Crippen molar-refractivity contribution in [1.82, 2.24) is 0 Å². The Hall–Kier alpha value is -1.64. The van der Waals surface area contributed by atoms with E-state index in [4.69, 9.17) is 23.2 Å². The zero-order valence-corrected chi connectivity index (χ0v) is 19.4. The molecule has 0 saturated heterocycles. The van der Waals surface area contributed by atoms with E-state index in [2.05, 4.69) is 24.3 Å². The molecule has 4 heteroatoms. The average molecular weight is 465 g/mol. The minimum absolute atomic E-state index is 0.303. The SMILES string of the molecule is O=C(Cl)c1ccc(C23CC4C5CC6(c7ccc(C(=O)Cl)cc7)CC4C(C2)C(C6)C5C3)cc1. The molecule has 0 aromatic heterocycles. The molecular formula is C28H26Cl2O2. The van der Waals surface area contributed by atoms with Crippen molar-refractivity contribution in [2.24, 2.45) is 35.5 Å². The van der Waals surface area contributed by atoms with Crippen LogP contribution in [0.15, 0.2) is 48.5 Å². The Bertz CT molecular complexity index is 978. The van der Waals surface area contributed by atoms with Crippen LogP contribution in [0.3, 0.4) is 0 Å². The van der Waals surface area contributed by atoms with E-state index in [0.29, 0.717) is 22.0 Å². The van der Waals surface area contributed by atoms with Crippen LogP contribution < -0.4 is 0 Å². The van der Waals surface area contributed by atoms with E-state index in [-0.39, 0.29) is 10.5 Å². The van der Waals surface area contributed by atoms with E-state index in [1.165, 1.54) is 49.7 Å². The van der Waals surface area contributed by atoms with Gasteiger partial charge in [0.05, 0.1) is 0 Å². The number of hydrogen-bond acceptors (Lipinski definition) is 2. The zero-order valence-electron chi connectivity index (χ0n) is 17.9. The van der Waals surface area contributed by atoms with Gasteiger partial charge in [0, 0.05) is 11.1 Å². The summed E-state index contributed by atoms with van der Waals surface area (Å²) in [5.41, 5.74) is 4.67. The smallest absolute Gasteiger partial charge is 0.252 e. The number of rotatable bonds is 4. The van der Waals surface area contributed by atoms with Crippen molar-refractivity contribution in [3.05, 3.63) is 70.8 Å². The molecule has 32 heavy (non-hydrogen) atoms. The van der Waals surface area contributed by atoms with E-state index in [0.717, 1.165) is 35.5 Å². The molecule has 7 fully saturated rings. The van der Waals surface area contributed by atoms with Gasteiger partial charge in [-0.3, -0.25) is 9.59 Å². The molecule has 0 amide bonds. The van der Waals surface area contributed by atoms with Crippen molar-refractivity contribution in [1.29, 1.82) is 0 Å². The molecule has 0 atom stereocenters. The molecule has 164 valence electrons. The van der Waals surface area contributed by atoms with Gasteiger partial charge in [-0.1, -0.05) is 24.3 Å². The van der Waals surface area contributed by atoms with Crippen LogP contribution >= 0.6 is 23.2 Å². The Balaban J connectivity index is 1.22. The second-order valence-electron chi connectivity index (χ2n) is 11.5. The Labute approximate surface area is 198 Å². The van der Waals surface area contributed by atoms with Gasteiger partial charge in [-0.15, -0.1) is 0 Å². The fourth-order valence-electron chi connectivity index (χ4n) is 9.55.